The molecule has 2 heterocycles. The van der Waals surface area contributed by atoms with Crippen molar-refractivity contribution in [1.29, 1.82) is 0 Å². The van der Waals surface area contributed by atoms with E-state index in [2.05, 4.69) is 10.3 Å². The van der Waals surface area contributed by atoms with Gasteiger partial charge in [-0.3, -0.25) is 0 Å². The van der Waals surface area contributed by atoms with Crippen LogP contribution < -0.4 is 5.32 Å². The minimum absolute atomic E-state index is 0.0500. The van der Waals surface area contributed by atoms with E-state index < -0.39 is 11.9 Å². The van der Waals surface area contributed by atoms with Gasteiger partial charge in [0, 0.05) is 4.88 Å². The molecule has 0 bridgehead atoms. The van der Waals surface area contributed by atoms with Gasteiger partial charge in [0.1, 0.15) is 11.5 Å². The molecule has 0 amide bonds. The molecule has 6 heteroatoms. The number of rotatable bonds is 4. The number of pyridine rings is 1. The number of anilines is 1. The van der Waals surface area contributed by atoms with Crippen LogP contribution in [0.15, 0.2) is 35.7 Å². The van der Waals surface area contributed by atoms with Crippen LogP contribution in [0.3, 0.4) is 0 Å². The molecule has 2 nitrogen and oxygen atoms in total. The van der Waals surface area contributed by atoms with Crippen LogP contribution in [-0.2, 0) is 6.18 Å². The Kier molecular flexibility index (Phi) is 4.32. The van der Waals surface area contributed by atoms with Crippen molar-refractivity contribution in [3.63, 3.8) is 0 Å². The Morgan fingerprint density at radius 1 is 1.15 bits per heavy atom. The monoisotopic (exact) mass is 300 g/mol. The van der Waals surface area contributed by atoms with E-state index in [0.29, 0.717) is 0 Å². The number of nitrogens with one attached hydrogen (secondary N) is 1. The van der Waals surface area contributed by atoms with Gasteiger partial charge in [0.15, 0.2) is 0 Å². The van der Waals surface area contributed by atoms with Crippen LogP contribution in [-0.4, -0.2) is 4.98 Å². The van der Waals surface area contributed by atoms with Crippen LogP contribution in [0.25, 0.3) is 0 Å². The van der Waals surface area contributed by atoms with E-state index in [1.165, 1.54) is 6.07 Å². The number of halogens is 3. The molecule has 0 saturated carbocycles. The zero-order valence-corrected chi connectivity index (χ0v) is 11.9. The topological polar surface area (TPSA) is 24.9 Å². The highest BCUT2D eigenvalue weighted by atomic mass is 32.1. The minimum Gasteiger partial charge on any atom is -0.362 e. The van der Waals surface area contributed by atoms with Crippen LogP contribution in [0.5, 0.6) is 0 Å². The van der Waals surface area contributed by atoms with Gasteiger partial charge in [-0.25, -0.2) is 4.98 Å². The molecule has 0 aromatic carbocycles. The highest BCUT2D eigenvalue weighted by Crippen LogP contribution is 2.31. The minimum atomic E-state index is -4.42. The fourth-order valence-corrected chi connectivity index (χ4v) is 2.82. The van der Waals surface area contributed by atoms with Crippen LogP contribution in [0.2, 0.25) is 0 Å². The molecule has 0 spiro atoms. The molecule has 0 aliphatic carbocycles. The van der Waals surface area contributed by atoms with Gasteiger partial charge in [-0.1, -0.05) is 26.0 Å². The Balaban J connectivity index is 2.24. The van der Waals surface area contributed by atoms with E-state index in [1.54, 1.807) is 17.4 Å². The summed E-state index contributed by atoms with van der Waals surface area (Å²) in [6, 6.07) is 7.74. The van der Waals surface area contributed by atoms with Crippen molar-refractivity contribution in [2.45, 2.75) is 26.1 Å². The number of aromatic nitrogens is 1. The summed E-state index contributed by atoms with van der Waals surface area (Å²) in [4.78, 5) is 4.73. The number of hydrogen-bond donors (Lipinski definition) is 1. The van der Waals surface area contributed by atoms with Crippen molar-refractivity contribution in [2.75, 3.05) is 5.32 Å². The predicted octanol–water partition coefficient (Wildman–Crippen LogP) is 4.97. The first-order valence-electron chi connectivity index (χ1n) is 6.22. The van der Waals surface area contributed by atoms with Crippen LogP contribution in [0.4, 0.5) is 19.0 Å². The van der Waals surface area contributed by atoms with Crippen LogP contribution >= 0.6 is 11.3 Å². The third-order valence-electron chi connectivity index (χ3n) is 2.86. The van der Waals surface area contributed by atoms with E-state index in [9.17, 15) is 13.2 Å². The van der Waals surface area contributed by atoms with E-state index in [4.69, 9.17) is 0 Å². The van der Waals surface area contributed by atoms with Gasteiger partial charge in [-0.2, -0.15) is 13.2 Å². The third kappa shape index (κ3) is 3.50. The van der Waals surface area contributed by atoms with Gasteiger partial charge in [0.2, 0.25) is 0 Å². The molecule has 0 radical (unpaired) electrons. The van der Waals surface area contributed by atoms with Crippen molar-refractivity contribution in [3.05, 3.63) is 46.3 Å². The maximum Gasteiger partial charge on any atom is 0.433 e. The summed E-state index contributed by atoms with van der Waals surface area (Å²) in [5, 5.41) is 5.04. The van der Waals surface area contributed by atoms with Crippen molar-refractivity contribution in [2.24, 2.45) is 5.92 Å². The number of alkyl halides is 3. The van der Waals surface area contributed by atoms with Gasteiger partial charge in [0.25, 0.3) is 0 Å². The molecule has 0 aliphatic rings. The zero-order chi connectivity index (χ0) is 14.8. The molecule has 108 valence electrons. The highest BCUT2D eigenvalue weighted by molar-refractivity contribution is 7.10. The zero-order valence-electron chi connectivity index (χ0n) is 11.1. The summed E-state index contributed by atoms with van der Waals surface area (Å²) in [5.74, 6) is 0.483. The molecule has 0 aliphatic heterocycles. The number of hydrogen-bond acceptors (Lipinski definition) is 3. The lowest BCUT2D eigenvalue weighted by atomic mass is 10.0. The Morgan fingerprint density at radius 3 is 2.45 bits per heavy atom. The molecule has 0 fully saturated rings. The van der Waals surface area contributed by atoms with Gasteiger partial charge in [-0.05, 0) is 29.5 Å². The summed E-state index contributed by atoms with van der Waals surface area (Å²) >= 11 is 1.58. The summed E-state index contributed by atoms with van der Waals surface area (Å²) < 4.78 is 37.9. The molecule has 2 aromatic rings. The van der Waals surface area contributed by atoms with E-state index in [1.807, 2.05) is 31.4 Å². The van der Waals surface area contributed by atoms with E-state index in [-0.39, 0.29) is 17.8 Å². The summed E-state index contributed by atoms with van der Waals surface area (Å²) in [6.45, 7) is 4.04. The Labute approximate surface area is 119 Å². The van der Waals surface area contributed by atoms with E-state index >= 15 is 0 Å². The second-order valence-corrected chi connectivity index (χ2v) is 5.77. The number of nitrogens with zero attached hydrogens (tertiary/aromatic N) is 1. The molecule has 2 rings (SSSR count). The molecule has 20 heavy (non-hydrogen) atoms. The smallest absolute Gasteiger partial charge is 0.362 e. The number of thiophene rings is 1. The Morgan fingerprint density at radius 2 is 1.90 bits per heavy atom. The van der Waals surface area contributed by atoms with Gasteiger partial charge >= 0.3 is 6.18 Å². The lowest BCUT2D eigenvalue weighted by molar-refractivity contribution is -0.141. The first kappa shape index (κ1) is 14.8. The lowest BCUT2D eigenvalue weighted by Gasteiger charge is -2.22. The fraction of sp³-hybridized carbons (Fsp3) is 0.357. The molecular weight excluding hydrogens is 285 g/mol. The maximum absolute atomic E-state index is 12.6. The quantitative estimate of drug-likeness (QED) is 0.862. The summed E-state index contributed by atoms with van der Waals surface area (Å²) in [7, 11) is 0. The average Bonchev–Trinajstić information content (AvgIpc) is 2.88. The maximum atomic E-state index is 12.6. The average molecular weight is 300 g/mol. The lowest BCUT2D eigenvalue weighted by Crippen LogP contribution is -2.17. The first-order chi connectivity index (χ1) is 9.38. The highest BCUT2D eigenvalue weighted by Gasteiger charge is 2.32. The SMILES string of the molecule is CC(C)C(Nc1cccc(C(F)(F)F)n1)c1cccs1. The largest absolute Gasteiger partial charge is 0.433 e. The third-order valence-corrected chi connectivity index (χ3v) is 3.81. The standard InChI is InChI=1S/C14H15F3N2S/c1-9(2)13(10-5-4-8-20-10)19-12-7-3-6-11(18-12)14(15,16)17/h3-9,13H,1-2H3,(H,18,19). The summed E-state index contributed by atoms with van der Waals surface area (Å²) in [6.07, 6.45) is -4.42. The second-order valence-electron chi connectivity index (χ2n) is 4.79. The molecule has 1 atom stereocenters. The van der Waals surface area contributed by atoms with Gasteiger partial charge in [0.05, 0.1) is 6.04 Å². The Hall–Kier alpha value is -1.56. The normalized spacial score (nSPS) is 13.5. The molecule has 1 unspecified atom stereocenters. The van der Waals surface area contributed by atoms with Crippen molar-refractivity contribution >= 4 is 17.2 Å². The summed E-state index contributed by atoms with van der Waals surface area (Å²) in [5.41, 5.74) is -0.879. The van der Waals surface area contributed by atoms with Crippen LogP contribution in [0.1, 0.15) is 30.5 Å². The molecule has 0 saturated heterocycles. The molecule has 1 N–H and O–H groups in total. The molecule has 2 aromatic heterocycles. The second kappa shape index (κ2) is 5.83. The fourth-order valence-electron chi connectivity index (χ4n) is 1.87. The van der Waals surface area contributed by atoms with Crippen molar-refractivity contribution < 1.29 is 13.2 Å². The first-order valence-corrected chi connectivity index (χ1v) is 7.10. The van der Waals surface area contributed by atoms with E-state index in [0.717, 1.165) is 10.9 Å². The van der Waals surface area contributed by atoms with Crippen molar-refractivity contribution in [3.8, 4) is 0 Å². The van der Waals surface area contributed by atoms with Gasteiger partial charge in [-0.15, -0.1) is 11.3 Å². The van der Waals surface area contributed by atoms with Gasteiger partial charge < -0.3 is 5.32 Å². The predicted molar refractivity (Wildman–Crippen MR) is 74.8 cm³/mol. The molecular formula is C14H15F3N2S. The van der Waals surface area contributed by atoms with Crippen LogP contribution in [0, 0.1) is 5.92 Å². The van der Waals surface area contributed by atoms with Crippen molar-refractivity contribution in [1.82, 2.24) is 4.98 Å². The Bertz CT molecular complexity index is 550.